The molecule has 0 spiro atoms. The molecule has 0 fully saturated rings. The third-order valence-electron chi connectivity index (χ3n) is 1.41. The number of hydrogen-bond acceptors (Lipinski definition) is 2. The second-order valence-electron chi connectivity index (χ2n) is 2.61. The van der Waals surface area contributed by atoms with E-state index in [1.54, 1.807) is 0 Å². The summed E-state index contributed by atoms with van der Waals surface area (Å²) < 4.78 is 0. The van der Waals surface area contributed by atoms with Crippen molar-refractivity contribution in [3.8, 4) is 6.07 Å². The standard InChI is InChI=1S/C10H15NO/c1-2-3-4-5-6-7-10(12)8-9-11/h5,7,10,12H,2-4,8H2,1H3/t6?,10-/m0/s1. The molecule has 0 unspecified atom stereocenters. The molecule has 2 heteroatoms. The van der Waals surface area contributed by atoms with Gasteiger partial charge in [-0.3, -0.25) is 0 Å². The van der Waals surface area contributed by atoms with Gasteiger partial charge < -0.3 is 5.11 Å². The van der Waals surface area contributed by atoms with Crippen molar-refractivity contribution < 1.29 is 5.11 Å². The number of rotatable bonds is 5. The molecule has 12 heavy (non-hydrogen) atoms. The van der Waals surface area contributed by atoms with Gasteiger partial charge in [0.15, 0.2) is 0 Å². The van der Waals surface area contributed by atoms with Gasteiger partial charge in [0.1, 0.15) is 0 Å². The van der Waals surface area contributed by atoms with E-state index in [0.29, 0.717) is 0 Å². The van der Waals surface area contributed by atoms with E-state index in [4.69, 9.17) is 10.4 Å². The van der Waals surface area contributed by atoms with Crippen LogP contribution in [-0.4, -0.2) is 11.2 Å². The molecular weight excluding hydrogens is 150 g/mol. The molecule has 0 radical (unpaired) electrons. The first-order chi connectivity index (χ1) is 5.81. The van der Waals surface area contributed by atoms with E-state index < -0.39 is 6.10 Å². The Kier molecular flexibility index (Phi) is 7.38. The van der Waals surface area contributed by atoms with Crippen molar-refractivity contribution in [1.82, 2.24) is 0 Å². The second-order valence-corrected chi connectivity index (χ2v) is 2.61. The van der Waals surface area contributed by atoms with E-state index in [9.17, 15) is 0 Å². The molecule has 0 aromatic carbocycles. The average Bonchev–Trinajstić information content (AvgIpc) is 2.05. The topological polar surface area (TPSA) is 44.0 Å². The van der Waals surface area contributed by atoms with Gasteiger partial charge in [0.05, 0.1) is 18.6 Å². The zero-order chi connectivity index (χ0) is 9.23. The van der Waals surface area contributed by atoms with Crippen LogP contribution in [0.25, 0.3) is 0 Å². The minimum absolute atomic E-state index is 0.147. The van der Waals surface area contributed by atoms with Crippen molar-refractivity contribution in [2.24, 2.45) is 0 Å². The number of nitriles is 1. The number of nitrogens with zero attached hydrogens (tertiary/aromatic N) is 1. The molecule has 0 saturated carbocycles. The van der Waals surface area contributed by atoms with Gasteiger partial charge in [0.2, 0.25) is 0 Å². The summed E-state index contributed by atoms with van der Waals surface area (Å²) in [6, 6.07) is 1.88. The molecule has 0 amide bonds. The van der Waals surface area contributed by atoms with Crippen LogP contribution in [-0.2, 0) is 0 Å². The highest BCUT2D eigenvalue weighted by atomic mass is 16.3. The van der Waals surface area contributed by atoms with Gasteiger partial charge in [-0.15, -0.1) is 5.73 Å². The van der Waals surface area contributed by atoms with Crippen molar-refractivity contribution in [2.75, 3.05) is 0 Å². The summed E-state index contributed by atoms with van der Waals surface area (Å²) in [6.07, 6.45) is 6.21. The van der Waals surface area contributed by atoms with E-state index in [-0.39, 0.29) is 6.42 Å². The van der Waals surface area contributed by atoms with Crippen LogP contribution in [0.2, 0.25) is 0 Å². The maximum Gasteiger partial charge on any atom is 0.0924 e. The van der Waals surface area contributed by atoms with Gasteiger partial charge >= 0.3 is 0 Å². The number of aliphatic hydroxyl groups excluding tert-OH is 1. The molecular formula is C10H15NO. The monoisotopic (exact) mass is 165 g/mol. The van der Waals surface area contributed by atoms with E-state index in [1.807, 2.05) is 12.1 Å². The second kappa shape index (κ2) is 8.07. The Hall–Kier alpha value is -1.03. The largest absolute Gasteiger partial charge is 0.387 e. The molecule has 0 aromatic heterocycles. The van der Waals surface area contributed by atoms with Crippen LogP contribution in [0.1, 0.15) is 32.6 Å². The van der Waals surface area contributed by atoms with E-state index >= 15 is 0 Å². The third kappa shape index (κ3) is 7.08. The first kappa shape index (κ1) is 11.0. The Morgan fingerprint density at radius 1 is 1.58 bits per heavy atom. The maximum atomic E-state index is 9.05. The predicted molar refractivity (Wildman–Crippen MR) is 48.4 cm³/mol. The molecule has 0 saturated heterocycles. The Labute approximate surface area is 73.8 Å². The van der Waals surface area contributed by atoms with Crippen molar-refractivity contribution in [1.29, 1.82) is 5.26 Å². The normalized spacial score (nSPS) is 11.1. The van der Waals surface area contributed by atoms with Gasteiger partial charge in [-0.1, -0.05) is 13.3 Å². The van der Waals surface area contributed by atoms with Gasteiger partial charge in [-0.2, -0.15) is 5.26 Å². The molecule has 0 aliphatic rings. The molecule has 0 aliphatic heterocycles. The molecule has 1 atom stereocenters. The fourth-order valence-electron chi connectivity index (χ4n) is 0.721. The van der Waals surface area contributed by atoms with Gasteiger partial charge in [0.25, 0.3) is 0 Å². The van der Waals surface area contributed by atoms with Crippen molar-refractivity contribution in [3.05, 3.63) is 17.9 Å². The van der Waals surface area contributed by atoms with Crippen LogP contribution in [0.5, 0.6) is 0 Å². The Bertz CT molecular complexity index is 196. The minimum atomic E-state index is -0.659. The van der Waals surface area contributed by atoms with Gasteiger partial charge in [-0.25, -0.2) is 0 Å². The molecule has 0 heterocycles. The van der Waals surface area contributed by atoms with Crippen LogP contribution in [0.15, 0.2) is 17.9 Å². The zero-order valence-electron chi connectivity index (χ0n) is 7.45. The van der Waals surface area contributed by atoms with Gasteiger partial charge in [-0.05, 0) is 25.0 Å². The fourth-order valence-corrected chi connectivity index (χ4v) is 0.721. The summed E-state index contributed by atoms with van der Waals surface area (Å²) in [7, 11) is 0. The van der Waals surface area contributed by atoms with Crippen molar-refractivity contribution >= 4 is 0 Å². The van der Waals surface area contributed by atoms with E-state index in [1.165, 1.54) is 12.5 Å². The molecule has 66 valence electrons. The van der Waals surface area contributed by atoms with Crippen LogP contribution in [0.3, 0.4) is 0 Å². The lowest BCUT2D eigenvalue weighted by Crippen LogP contribution is -1.98. The van der Waals surface area contributed by atoms with Crippen LogP contribution in [0, 0.1) is 11.3 Å². The SMILES string of the molecule is CCCCC=C=C[C@H](O)CC#N. The molecule has 0 rings (SSSR count). The number of unbranched alkanes of at least 4 members (excludes halogenated alkanes) is 2. The maximum absolute atomic E-state index is 9.05. The lowest BCUT2D eigenvalue weighted by atomic mass is 10.2. The van der Waals surface area contributed by atoms with E-state index in [2.05, 4.69) is 12.7 Å². The average molecular weight is 165 g/mol. The highest BCUT2D eigenvalue weighted by molar-refractivity contribution is 4.93. The predicted octanol–water partition coefficient (Wildman–Crippen LogP) is 2.16. The van der Waals surface area contributed by atoms with E-state index in [0.717, 1.165) is 12.8 Å². The lowest BCUT2D eigenvalue weighted by Gasteiger charge is -1.92. The smallest absolute Gasteiger partial charge is 0.0924 e. The zero-order valence-corrected chi connectivity index (χ0v) is 7.45. The van der Waals surface area contributed by atoms with Crippen LogP contribution in [0.4, 0.5) is 0 Å². The summed E-state index contributed by atoms with van der Waals surface area (Å²) in [6.45, 7) is 2.13. The van der Waals surface area contributed by atoms with Crippen LogP contribution >= 0.6 is 0 Å². The first-order valence-electron chi connectivity index (χ1n) is 4.27. The summed E-state index contributed by atoms with van der Waals surface area (Å²) in [5, 5.41) is 17.3. The molecule has 0 aromatic rings. The molecule has 0 aliphatic carbocycles. The Morgan fingerprint density at radius 2 is 2.33 bits per heavy atom. The summed E-state index contributed by atoms with van der Waals surface area (Å²) in [5.41, 5.74) is 2.85. The lowest BCUT2D eigenvalue weighted by molar-refractivity contribution is 0.229. The number of hydrogen-bond donors (Lipinski definition) is 1. The summed E-state index contributed by atoms with van der Waals surface area (Å²) in [4.78, 5) is 0. The molecule has 1 N–H and O–H groups in total. The van der Waals surface area contributed by atoms with Crippen molar-refractivity contribution in [2.45, 2.75) is 38.7 Å². The fraction of sp³-hybridized carbons (Fsp3) is 0.600. The Balaban J connectivity index is 3.58. The quantitative estimate of drug-likeness (QED) is 0.501. The molecule has 0 bridgehead atoms. The minimum Gasteiger partial charge on any atom is -0.387 e. The number of aliphatic hydroxyl groups is 1. The van der Waals surface area contributed by atoms with Crippen molar-refractivity contribution in [3.63, 3.8) is 0 Å². The van der Waals surface area contributed by atoms with Gasteiger partial charge in [0, 0.05) is 0 Å². The highest BCUT2D eigenvalue weighted by Gasteiger charge is 1.93. The molecule has 2 nitrogen and oxygen atoms in total. The highest BCUT2D eigenvalue weighted by Crippen LogP contribution is 1.94. The van der Waals surface area contributed by atoms with Crippen LogP contribution < -0.4 is 0 Å². The summed E-state index contributed by atoms with van der Waals surface area (Å²) in [5.74, 6) is 0. The first-order valence-corrected chi connectivity index (χ1v) is 4.27. The Morgan fingerprint density at radius 3 is 2.92 bits per heavy atom. The third-order valence-corrected chi connectivity index (χ3v) is 1.41. The summed E-state index contributed by atoms with van der Waals surface area (Å²) >= 11 is 0.